The standard InChI is InChI=1S/C6H6Cl2N2O3/c7-4(1-12-2-9)5(8)6(11)13-3-10/h4-6,11H,1H2. The zero-order valence-corrected chi connectivity index (χ0v) is 7.87. The van der Waals surface area contributed by atoms with E-state index in [0.29, 0.717) is 0 Å². The van der Waals surface area contributed by atoms with Gasteiger partial charge in [-0.3, -0.25) is 0 Å². The maximum Gasteiger partial charge on any atom is 0.289 e. The monoisotopic (exact) mass is 224 g/mol. The number of aliphatic hydroxyl groups is 1. The van der Waals surface area contributed by atoms with Crippen molar-refractivity contribution >= 4 is 23.2 Å². The molecule has 0 aliphatic carbocycles. The first-order valence-electron chi connectivity index (χ1n) is 3.15. The number of rotatable bonds is 5. The molecular formula is C6H6Cl2N2O3. The predicted octanol–water partition coefficient (Wildman–Crippen LogP) is 0.515. The van der Waals surface area contributed by atoms with Gasteiger partial charge in [-0.05, 0) is 0 Å². The number of ether oxygens (including phenoxy) is 2. The summed E-state index contributed by atoms with van der Waals surface area (Å²) in [6, 6.07) is 0. The van der Waals surface area contributed by atoms with E-state index >= 15 is 0 Å². The van der Waals surface area contributed by atoms with E-state index in [4.69, 9.17) is 38.8 Å². The SMILES string of the molecule is N#COCC(Cl)C(Cl)C(O)OC#N. The Hall–Kier alpha value is -0.880. The van der Waals surface area contributed by atoms with Crippen LogP contribution >= 0.6 is 23.2 Å². The van der Waals surface area contributed by atoms with Crippen molar-refractivity contribution in [3.63, 3.8) is 0 Å². The highest BCUT2D eigenvalue weighted by Crippen LogP contribution is 2.15. The minimum atomic E-state index is -1.50. The van der Waals surface area contributed by atoms with Crippen LogP contribution in [-0.2, 0) is 9.47 Å². The van der Waals surface area contributed by atoms with Crippen LogP contribution in [0.1, 0.15) is 0 Å². The molecule has 1 N–H and O–H groups in total. The summed E-state index contributed by atoms with van der Waals surface area (Å²) in [6.07, 6.45) is 1.15. The van der Waals surface area contributed by atoms with Gasteiger partial charge in [0, 0.05) is 0 Å². The Morgan fingerprint density at radius 3 is 2.38 bits per heavy atom. The van der Waals surface area contributed by atoms with Crippen LogP contribution in [0.3, 0.4) is 0 Å². The van der Waals surface area contributed by atoms with Gasteiger partial charge in [-0.25, -0.2) is 0 Å². The number of hydrogen-bond donors (Lipinski definition) is 1. The van der Waals surface area contributed by atoms with Gasteiger partial charge in [0.05, 0.1) is 5.38 Å². The van der Waals surface area contributed by atoms with E-state index < -0.39 is 17.0 Å². The van der Waals surface area contributed by atoms with Crippen LogP contribution in [0, 0.1) is 23.0 Å². The molecule has 0 saturated carbocycles. The Morgan fingerprint density at radius 1 is 1.31 bits per heavy atom. The number of hydrogen-bond acceptors (Lipinski definition) is 5. The molecule has 0 aliphatic rings. The smallest absolute Gasteiger partial charge is 0.289 e. The average Bonchev–Trinajstić information content (AvgIpc) is 2.13. The maximum absolute atomic E-state index is 8.99. The summed E-state index contributed by atoms with van der Waals surface area (Å²) < 4.78 is 8.40. The molecule has 0 saturated heterocycles. The summed E-state index contributed by atoms with van der Waals surface area (Å²) >= 11 is 11.1. The second kappa shape index (κ2) is 6.62. The summed E-state index contributed by atoms with van der Waals surface area (Å²) in [5.74, 6) is 0. The first-order valence-corrected chi connectivity index (χ1v) is 4.02. The van der Waals surface area contributed by atoms with Gasteiger partial charge in [-0.15, -0.1) is 23.2 Å². The fourth-order valence-corrected chi connectivity index (χ4v) is 0.818. The van der Waals surface area contributed by atoms with Crippen LogP contribution in [0.4, 0.5) is 0 Å². The van der Waals surface area contributed by atoms with E-state index in [0.717, 1.165) is 0 Å². The molecular weight excluding hydrogens is 219 g/mol. The number of alkyl halides is 2. The van der Waals surface area contributed by atoms with E-state index in [1.165, 1.54) is 12.5 Å². The number of aliphatic hydroxyl groups excluding tert-OH is 1. The third-order valence-corrected chi connectivity index (χ3v) is 2.14. The molecule has 7 heteroatoms. The summed E-state index contributed by atoms with van der Waals surface area (Å²) in [6.45, 7) is -0.155. The van der Waals surface area contributed by atoms with Crippen LogP contribution in [0.5, 0.6) is 0 Å². The van der Waals surface area contributed by atoms with E-state index in [-0.39, 0.29) is 6.61 Å². The minimum Gasteiger partial charge on any atom is -0.426 e. The van der Waals surface area contributed by atoms with Crippen molar-refractivity contribution < 1.29 is 14.6 Å². The van der Waals surface area contributed by atoms with Crippen LogP contribution in [-0.4, -0.2) is 28.8 Å². The van der Waals surface area contributed by atoms with Crippen LogP contribution < -0.4 is 0 Å². The van der Waals surface area contributed by atoms with Crippen molar-refractivity contribution in [2.45, 2.75) is 17.0 Å². The molecule has 13 heavy (non-hydrogen) atoms. The molecule has 0 fully saturated rings. The lowest BCUT2D eigenvalue weighted by Crippen LogP contribution is -2.33. The molecule has 0 spiro atoms. The van der Waals surface area contributed by atoms with Crippen molar-refractivity contribution in [3.8, 4) is 12.5 Å². The third kappa shape index (κ3) is 4.64. The van der Waals surface area contributed by atoms with Crippen LogP contribution in [0.25, 0.3) is 0 Å². The van der Waals surface area contributed by atoms with Crippen molar-refractivity contribution in [3.05, 3.63) is 0 Å². The second-order valence-corrected chi connectivity index (χ2v) is 3.03. The molecule has 0 aliphatic heterocycles. The zero-order valence-electron chi connectivity index (χ0n) is 6.35. The third-order valence-electron chi connectivity index (χ3n) is 1.10. The minimum absolute atomic E-state index is 0.155. The lowest BCUT2D eigenvalue weighted by molar-refractivity contribution is -0.0461. The van der Waals surface area contributed by atoms with Crippen molar-refractivity contribution in [1.82, 2.24) is 0 Å². The lowest BCUT2D eigenvalue weighted by atomic mass is 10.3. The molecule has 0 aromatic heterocycles. The van der Waals surface area contributed by atoms with E-state index in [2.05, 4.69) is 9.47 Å². The number of nitriles is 2. The van der Waals surface area contributed by atoms with Gasteiger partial charge < -0.3 is 14.6 Å². The second-order valence-electron chi connectivity index (χ2n) is 1.96. The molecule has 3 unspecified atom stereocenters. The topological polar surface area (TPSA) is 86.3 Å². The average molecular weight is 225 g/mol. The van der Waals surface area contributed by atoms with Crippen LogP contribution in [0.15, 0.2) is 0 Å². The predicted molar refractivity (Wildman–Crippen MR) is 43.6 cm³/mol. The van der Waals surface area contributed by atoms with Gasteiger partial charge in [0.25, 0.3) is 12.5 Å². The molecule has 72 valence electrons. The fourth-order valence-electron chi connectivity index (χ4n) is 0.506. The van der Waals surface area contributed by atoms with Gasteiger partial charge >= 0.3 is 0 Å². The Labute approximate surface area is 85.0 Å². The van der Waals surface area contributed by atoms with Crippen molar-refractivity contribution in [1.29, 1.82) is 10.5 Å². The first-order chi connectivity index (χ1) is 6.13. The molecule has 3 atom stereocenters. The van der Waals surface area contributed by atoms with E-state index in [1.54, 1.807) is 0 Å². The lowest BCUT2D eigenvalue weighted by Gasteiger charge is -2.17. The summed E-state index contributed by atoms with van der Waals surface area (Å²) in [7, 11) is 0. The Morgan fingerprint density at radius 2 is 1.92 bits per heavy atom. The Bertz CT molecular complexity index is 225. The Balaban J connectivity index is 3.88. The van der Waals surface area contributed by atoms with Crippen molar-refractivity contribution in [2.75, 3.05) is 6.61 Å². The molecule has 0 amide bonds. The summed E-state index contributed by atoms with van der Waals surface area (Å²) in [5, 5.41) is 23.2. The first kappa shape index (κ1) is 12.1. The fraction of sp³-hybridized carbons (Fsp3) is 0.667. The molecule has 0 rings (SSSR count). The highest BCUT2D eigenvalue weighted by atomic mass is 35.5. The van der Waals surface area contributed by atoms with Crippen molar-refractivity contribution in [2.24, 2.45) is 0 Å². The molecule has 0 aromatic rings. The maximum atomic E-state index is 8.99. The summed E-state index contributed by atoms with van der Waals surface area (Å²) in [5.41, 5.74) is 0. The highest BCUT2D eigenvalue weighted by Gasteiger charge is 2.26. The van der Waals surface area contributed by atoms with Gasteiger partial charge in [0.2, 0.25) is 6.29 Å². The zero-order chi connectivity index (χ0) is 10.3. The molecule has 0 bridgehead atoms. The summed E-state index contributed by atoms with van der Waals surface area (Å²) in [4.78, 5) is 0. The quantitative estimate of drug-likeness (QED) is 0.418. The molecule has 0 heterocycles. The highest BCUT2D eigenvalue weighted by molar-refractivity contribution is 6.30. The van der Waals surface area contributed by atoms with Crippen LogP contribution in [0.2, 0.25) is 0 Å². The van der Waals surface area contributed by atoms with E-state index in [9.17, 15) is 0 Å². The van der Waals surface area contributed by atoms with Gasteiger partial charge in [-0.2, -0.15) is 10.5 Å². The largest absolute Gasteiger partial charge is 0.426 e. The molecule has 5 nitrogen and oxygen atoms in total. The van der Waals surface area contributed by atoms with Gasteiger partial charge in [-0.1, -0.05) is 0 Å². The normalized spacial score (nSPS) is 16.1. The van der Waals surface area contributed by atoms with Gasteiger partial charge in [0.15, 0.2) is 0 Å². The van der Waals surface area contributed by atoms with E-state index in [1.807, 2.05) is 0 Å². The number of nitrogens with zero attached hydrogens (tertiary/aromatic N) is 2. The molecule has 0 aromatic carbocycles. The Kier molecular flexibility index (Phi) is 6.17. The number of halogens is 2. The molecule has 0 radical (unpaired) electrons. The van der Waals surface area contributed by atoms with Gasteiger partial charge in [0.1, 0.15) is 12.0 Å².